The molecule has 2 heterocycles. The van der Waals surface area contributed by atoms with Crippen LogP contribution in [0.5, 0.6) is 0 Å². The third kappa shape index (κ3) is 4.70. The molecule has 6 nitrogen and oxygen atoms in total. The van der Waals surface area contributed by atoms with Crippen LogP contribution in [-0.4, -0.2) is 32.7 Å². The predicted molar refractivity (Wildman–Crippen MR) is 114 cm³/mol. The van der Waals surface area contributed by atoms with E-state index in [2.05, 4.69) is 39.2 Å². The van der Waals surface area contributed by atoms with Gasteiger partial charge in [-0.05, 0) is 58.1 Å². The van der Waals surface area contributed by atoms with Crippen molar-refractivity contribution in [2.45, 2.75) is 59.4 Å². The summed E-state index contributed by atoms with van der Waals surface area (Å²) in [6.07, 6.45) is 14.3. The highest BCUT2D eigenvalue weighted by atomic mass is 15.3. The molecule has 0 amide bonds. The van der Waals surface area contributed by atoms with Crippen LogP contribution in [0, 0.1) is 0 Å². The average Bonchev–Trinajstić information content (AvgIpc) is 3.06. The molecule has 6 heteroatoms. The van der Waals surface area contributed by atoms with Crippen LogP contribution < -0.4 is 5.32 Å². The number of nitrogens with one attached hydrogen (secondary N) is 1. The number of allylic oxidation sites excluding steroid dienone is 3. The van der Waals surface area contributed by atoms with E-state index in [4.69, 9.17) is 0 Å². The molecule has 0 aromatic carbocycles. The maximum Gasteiger partial charge on any atom is 0.241 e. The van der Waals surface area contributed by atoms with Crippen LogP contribution in [0.2, 0.25) is 0 Å². The van der Waals surface area contributed by atoms with Gasteiger partial charge in [0, 0.05) is 30.2 Å². The van der Waals surface area contributed by atoms with Gasteiger partial charge in [0.15, 0.2) is 0 Å². The number of hydrogen-bond acceptors (Lipinski definition) is 4. The van der Waals surface area contributed by atoms with Crippen molar-refractivity contribution >= 4 is 29.1 Å². The van der Waals surface area contributed by atoms with Crippen molar-refractivity contribution in [3.8, 4) is 0 Å². The van der Waals surface area contributed by atoms with Gasteiger partial charge in [0.1, 0.15) is 5.84 Å². The summed E-state index contributed by atoms with van der Waals surface area (Å²) in [5.74, 6) is 1.42. The van der Waals surface area contributed by atoms with Crippen molar-refractivity contribution in [2.75, 3.05) is 5.32 Å². The second kappa shape index (κ2) is 8.75. The van der Waals surface area contributed by atoms with E-state index in [0.29, 0.717) is 12.0 Å². The molecule has 1 fully saturated rings. The quantitative estimate of drug-likeness (QED) is 0.585. The minimum absolute atomic E-state index is 0.517. The van der Waals surface area contributed by atoms with Gasteiger partial charge < -0.3 is 5.32 Å². The largest absolute Gasteiger partial charge is 0.350 e. The molecular formula is C21H28N6. The van der Waals surface area contributed by atoms with Gasteiger partial charge in [-0.25, -0.2) is 19.5 Å². The Morgan fingerprint density at radius 1 is 1.37 bits per heavy atom. The Labute approximate surface area is 160 Å². The average molecular weight is 364 g/mol. The number of rotatable bonds is 6. The van der Waals surface area contributed by atoms with Crippen molar-refractivity contribution in [3.05, 3.63) is 41.9 Å². The van der Waals surface area contributed by atoms with Gasteiger partial charge in [0.25, 0.3) is 0 Å². The first kappa shape index (κ1) is 19.0. The summed E-state index contributed by atoms with van der Waals surface area (Å²) >= 11 is 0. The monoisotopic (exact) mass is 364 g/mol. The predicted octanol–water partition coefficient (Wildman–Crippen LogP) is 4.90. The second-order valence-corrected chi connectivity index (χ2v) is 6.92. The molecule has 142 valence electrons. The zero-order valence-corrected chi connectivity index (χ0v) is 16.6. The second-order valence-electron chi connectivity index (χ2n) is 6.92. The molecule has 0 bridgehead atoms. The highest BCUT2D eigenvalue weighted by molar-refractivity contribution is 6.15. The van der Waals surface area contributed by atoms with E-state index in [1.807, 2.05) is 55.3 Å². The van der Waals surface area contributed by atoms with Crippen LogP contribution in [0.1, 0.15) is 58.9 Å². The maximum atomic E-state index is 4.58. The Kier molecular flexibility index (Phi) is 6.16. The van der Waals surface area contributed by atoms with Crippen molar-refractivity contribution in [1.29, 1.82) is 0 Å². The summed E-state index contributed by atoms with van der Waals surface area (Å²) in [6.45, 7) is 8.10. The molecule has 0 unspecified atom stereocenters. The molecule has 0 atom stereocenters. The Hall–Kier alpha value is -2.76. The van der Waals surface area contributed by atoms with E-state index in [9.17, 15) is 0 Å². The molecule has 2 aromatic heterocycles. The Bertz CT molecular complexity index is 912. The first-order valence-electron chi connectivity index (χ1n) is 9.62. The van der Waals surface area contributed by atoms with E-state index in [1.54, 1.807) is 0 Å². The molecule has 3 rings (SSSR count). The lowest BCUT2D eigenvalue weighted by molar-refractivity contribution is 0.442. The van der Waals surface area contributed by atoms with Gasteiger partial charge in [-0.1, -0.05) is 18.6 Å². The molecule has 0 saturated heterocycles. The maximum absolute atomic E-state index is 4.58. The number of fused-ring (bicyclic) bond motifs is 1. The van der Waals surface area contributed by atoms with Crippen LogP contribution in [0.15, 0.2) is 46.3 Å². The van der Waals surface area contributed by atoms with Crippen molar-refractivity contribution in [2.24, 2.45) is 9.98 Å². The van der Waals surface area contributed by atoms with Crippen LogP contribution in [0.4, 0.5) is 5.95 Å². The standard InChI is InChI=1S/C21H28N6/c1-5-15(3)12-22-16(4)23-13-17(6-2)19-10-11-27-20(19)14-24-21(26-27)25-18-8-7-9-18/h6,10-14,18H,5,7-9H2,1-4H3,(H,25,26)/b15-12+,17-6+,22-16?,23-13?. The smallest absolute Gasteiger partial charge is 0.241 e. The molecule has 1 N–H and O–H groups in total. The fraction of sp³-hybridized carbons (Fsp3) is 0.429. The number of aliphatic imine (C=N–C) groups is 2. The fourth-order valence-electron chi connectivity index (χ4n) is 2.74. The van der Waals surface area contributed by atoms with Gasteiger partial charge in [-0.3, -0.25) is 0 Å². The van der Waals surface area contributed by atoms with Crippen LogP contribution in [0.25, 0.3) is 11.1 Å². The van der Waals surface area contributed by atoms with E-state index >= 15 is 0 Å². The molecule has 0 aliphatic heterocycles. The molecule has 1 saturated carbocycles. The molecule has 0 spiro atoms. The lowest BCUT2D eigenvalue weighted by Gasteiger charge is -2.26. The van der Waals surface area contributed by atoms with E-state index < -0.39 is 0 Å². The first-order valence-corrected chi connectivity index (χ1v) is 9.62. The van der Waals surface area contributed by atoms with Gasteiger partial charge in [-0.15, -0.1) is 5.10 Å². The van der Waals surface area contributed by atoms with Crippen LogP contribution in [0.3, 0.4) is 0 Å². The van der Waals surface area contributed by atoms with Crippen LogP contribution in [-0.2, 0) is 0 Å². The minimum Gasteiger partial charge on any atom is -0.350 e. The minimum atomic E-state index is 0.517. The van der Waals surface area contributed by atoms with Gasteiger partial charge in [0.2, 0.25) is 5.95 Å². The summed E-state index contributed by atoms with van der Waals surface area (Å²) < 4.78 is 1.87. The molecule has 1 aliphatic carbocycles. The number of aromatic nitrogens is 3. The highest BCUT2D eigenvalue weighted by Gasteiger charge is 2.18. The number of anilines is 1. The van der Waals surface area contributed by atoms with Gasteiger partial charge in [-0.2, -0.15) is 0 Å². The molecule has 0 radical (unpaired) electrons. The van der Waals surface area contributed by atoms with Crippen LogP contribution >= 0.6 is 0 Å². The lowest BCUT2D eigenvalue weighted by atomic mass is 9.93. The zero-order valence-electron chi connectivity index (χ0n) is 16.6. The Morgan fingerprint density at radius 3 is 2.85 bits per heavy atom. The number of nitrogens with zero attached hydrogens (tertiary/aromatic N) is 5. The summed E-state index contributed by atoms with van der Waals surface area (Å²) in [5, 5.41) is 7.96. The van der Waals surface area contributed by atoms with Crippen molar-refractivity contribution in [1.82, 2.24) is 14.6 Å². The summed E-state index contributed by atoms with van der Waals surface area (Å²) in [5.41, 5.74) is 4.28. The first-order chi connectivity index (χ1) is 13.1. The Balaban J connectivity index is 1.79. The van der Waals surface area contributed by atoms with Gasteiger partial charge >= 0.3 is 0 Å². The topological polar surface area (TPSA) is 66.9 Å². The summed E-state index contributed by atoms with van der Waals surface area (Å²) in [6, 6.07) is 2.56. The van der Waals surface area contributed by atoms with E-state index in [1.165, 1.54) is 24.8 Å². The van der Waals surface area contributed by atoms with E-state index in [0.717, 1.165) is 28.9 Å². The zero-order chi connectivity index (χ0) is 19.2. The normalized spacial score (nSPS) is 17.0. The molecule has 27 heavy (non-hydrogen) atoms. The highest BCUT2D eigenvalue weighted by Crippen LogP contribution is 2.23. The Morgan fingerprint density at radius 2 is 2.19 bits per heavy atom. The SMILES string of the molecule is C/C=C(\C=NC(C)=N/C=C(\C)CC)c1ccn2nc(NC3CCC3)ncc12. The van der Waals surface area contributed by atoms with E-state index in [-0.39, 0.29) is 0 Å². The summed E-state index contributed by atoms with van der Waals surface area (Å²) in [7, 11) is 0. The van der Waals surface area contributed by atoms with Gasteiger partial charge in [0.05, 0.1) is 11.7 Å². The molecule has 2 aromatic rings. The van der Waals surface area contributed by atoms with Crippen molar-refractivity contribution in [3.63, 3.8) is 0 Å². The molecular weight excluding hydrogens is 336 g/mol. The molecule has 1 aliphatic rings. The number of hydrogen-bond donors (Lipinski definition) is 1. The fourth-order valence-corrected chi connectivity index (χ4v) is 2.74. The number of amidine groups is 1. The van der Waals surface area contributed by atoms with Crippen molar-refractivity contribution < 1.29 is 0 Å². The third-order valence-electron chi connectivity index (χ3n) is 4.90. The third-order valence-corrected chi connectivity index (χ3v) is 4.90. The summed E-state index contributed by atoms with van der Waals surface area (Å²) in [4.78, 5) is 13.4. The lowest BCUT2D eigenvalue weighted by Crippen LogP contribution is -2.28.